The number of imide groups is 1. The highest BCUT2D eigenvalue weighted by molar-refractivity contribution is 9.10. The molecule has 6 heteroatoms. The van der Waals surface area contributed by atoms with E-state index in [1.165, 1.54) is 4.90 Å². The van der Waals surface area contributed by atoms with Crippen LogP contribution in [0.2, 0.25) is 0 Å². The van der Waals surface area contributed by atoms with E-state index in [0.29, 0.717) is 12.0 Å². The molecule has 2 amide bonds. The van der Waals surface area contributed by atoms with E-state index in [0.717, 1.165) is 21.5 Å². The Morgan fingerprint density at radius 2 is 1.80 bits per heavy atom. The molecule has 1 heterocycles. The average molecular weight is 403 g/mol. The zero-order valence-electron chi connectivity index (χ0n) is 13.6. The maximum Gasteiger partial charge on any atom is 0.260 e. The highest BCUT2D eigenvalue weighted by Crippen LogP contribution is 2.20. The molecule has 1 atom stereocenters. The number of benzene rings is 2. The van der Waals surface area contributed by atoms with Gasteiger partial charge >= 0.3 is 0 Å². The van der Waals surface area contributed by atoms with Crippen molar-refractivity contribution in [2.24, 2.45) is 0 Å². The average Bonchev–Trinajstić information content (AvgIpc) is 2.60. The lowest BCUT2D eigenvalue weighted by Gasteiger charge is -2.37. The van der Waals surface area contributed by atoms with Crippen LogP contribution < -0.4 is 0 Å². The molecule has 1 aliphatic heterocycles. The lowest BCUT2D eigenvalue weighted by molar-refractivity contribution is -0.163. The molecule has 1 aliphatic rings. The van der Waals surface area contributed by atoms with Crippen molar-refractivity contribution >= 4 is 27.7 Å². The first-order valence-corrected chi connectivity index (χ1v) is 8.93. The molecular weight excluding hydrogens is 384 g/mol. The predicted molar refractivity (Wildman–Crippen MR) is 97.2 cm³/mol. The minimum absolute atomic E-state index is 0.163. The molecule has 0 aliphatic carbocycles. The van der Waals surface area contributed by atoms with Crippen molar-refractivity contribution in [2.75, 3.05) is 13.1 Å². The van der Waals surface area contributed by atoms with Crippen LogP contribution in [-0.2, 0) is 11.2 Å². The molecule has 0 saturated carbocycles. The molecule has 0 aromatic heterocycles. The Labute approximate surface area is 154 Å². The number of carbonyl (C=O) groups is 2. The molecule has 1 N–H and O–H groups in total. The summed E-state index contributed by atoms with van der Waals surface area (Å²) in [6.07, 6.45) is 1.34. The van der Waals surface area contributed by atoms with E-state index in [9.17, 15) is 14.8 Å². The first kappa shape index (κ1) is 17.8. The van der Waals surface area contributed by atoms with Gasteiger partial charge in [-0.2, -0.15) is 5.06 Å². The van der Waals surface area contributed by atoms with Crippen LogP contribution in [-0.4, -0.2) is 46.1 Å². The van der Waals surface area contributed by atoms with Gasteiger partial charge in [-0.1, -0.05) is 46.3 Å². The fourth-order valence-corrected chi connectivity index (χ4v) is 3.30. The van der Waals surface area contributed by atoms with Crippen molar-refractivity contribution in [1.29, 1.82) is 0 Å². The zero-order chi connectivity index (χ0) is 17.8. The summed E-state index contributed by atoms with van der Waals surface area (Å²) in [6, 6.07) is 16.5. The number of aryl methyl sites for hydroxylation is 1. The summed E-state index contributed by atoms with van der Waals surface area (Å²) in [5.41, 5.74) is 1.61. The van der Waals surface area contributed by atoms with Gasteiger partial charge in [-0.25, -0.2) is 0 Å². The fourth-order valence-electron chi connectivity index (χ4n) is 3.03. The van der Waals surface area contributed by atoms with Crippen molar-refractivity contribution in [1.82, 2.24) is 9.96 Å². The standard InChI is InChI=1S/C19H19BrN2O3/c20-16-9-7-15(8-10-16)19(24)22-17(12-21(25)13-18(22)23)11-6-14-4-2-1-3-5-14/h1-5,7-10,17,25H,6,11-13H2. The molecule has 2 aromatic carbocycles. The van der Waals surface area contributed by atoms with Gasteiger partial charge < -0.3 is 5.21 Å². The second-order valence-corrected chi connectivity index (χ2v) is 7.02. The molecule has 0 radical (unpaired) electrons. The van der Waals surface area contributed by atoms with Crippen molar-refractivity contribution in [3.63, 3.8) is 0 Å². The molecule has 130 valence electrons. The largest absolute Gasteiger partial charge is 0.313 e. The second kappa shape index (κ2) is 7.91. The van der Waals surface area contributed by atoms with Crippen molar-refractivity contribution in [3.05, 3.63) is 70.2 Å². The smallest absolute Gasteiger partial charge is 0.260 e. The Morgan fingerprint density at radius 3 is 2.48 bits per heavy atom. The van der Waals surface area contributed by atoms with Gasteiger partial charge in [-0.15, -0.1) is 0 Å². The Kier molecular flexibility index (Phi) is 5.63. The van der Waals surface area contributed by atoms with E-state index in [4.69, 9.17) is 0 Å². The molecule has 25 heavy (non-hydrogen) atoms. The van der Waals surface area contributed by atoms with Crippen LogP contribution in [0, 0.1) is 0 Å². The lowest BCUT2D eigenvalue weighted by Crippen LogP contribution is -2.57. The van der Waals surface area contributed by atoms with Crippen LogP contribution >= 0.6 is 15.9 Å². The monoisotopic (exact) mass is 402 g/mol. The molecule has 2 aromatic rings. The van der Waals surface area contributed by atoms with Gasteiger partial charge in [0.15, 0.2) is 0 Å². The molecular formula is C19H19BrN2O3. The third-order valence-corrected chi connectivity index (χ3v) is 4.82. The van der Waals surface area contributed by atoms with E-state index in [2.05, 4.69) is 15.9 Å². The van der Waals surface area contributed by atoms with Gasteiger partial charge in [0.2, 0.25) is 5.91 Å². The van der Waals surface area contributed by atoms with Crippen LogP contribution in [0.4, 0.5) is 0 Å². The van der Waals surface area contributed by atoms with E-state index >= 15 is 0 Å². The van der Waals surface area contributed by atoms with Gasteiger partial charge in [0.05, 0.1) is 6.04 Å². The van der Waals surface area contributed by atoms with E-state index in [1.807, 2.05) is 30.3 Å². The summed E-state index contributed by atoms with van der Waals surface area (Å²) >= 11 is 3.34. The van der Waals surface area contributed by atoms with Gasteiger partial charge in [-0.05, 0) is 42.7 Å². The molecule has 1 fully saturated rings. The Hall–Kier alpha value is -2.02. The predicted octanol–water partition coefficient (Wildman–Crippen LogP) is 3.12. The Bertz CT molecular complexity index is 749. The van der Waals surface area contributed by atoms with Crippen molar-refractivity contribution in [3.8, 4) is 0 Å². The van der Waals surface area contributed by atoms with Gasteiger partial charge in [0.1, 0.15) is 6.54 Å². The second-order valence-electron chi connectivity index (χ2n) is 6.10. The van der Waals surface area contributed by atoms with Gasteiger partial charge in [-0.3, -0.25) is 14.5 Å². The maximum absolute atomic E-state index is 12.8. The number of halogens is 1. The summed E-state index contributed by atoms with van der Waals surface area (Å²) < 4.78 is 0.871. The first-order valence-electron chi connectivity index (χ1n) is 8.14. The van der Waals surface area contributed by atoms with Crippen LogP contribution in [0.15, 0.2) is 59.1 Å². The van der Waals surface area contributed by atoms with E-state index in [-0.39, 0.29) is 30.9 Å². The molecule has 0 spiro atoms. The number of hydrogen-bond donors (Lipinski definition) is 1. The minimum Gasteiger partial charge on any atom is -0.313 e. The quantitative estimate of drug-likeness (QED) is 0.798. The first-order chi connectivity index (χ1) is 12.0. The van der Waals surface area contributed by atoms with Crippen LogP contribution in [0.3, 0.4) is 0 Å². The zero-order valence-corrected chi connectivity index (χ0v) is 15.2. The number of nitrogens with zero attached hydrogens (tertiary/aromatic N) is 2. The summed E-state index contributed by atoms with van der Waals surface area (Å²) in [5.74, 6) is -0.691. The maximum atomic E-state index is 12.8. The number of carbonyl (C=O) groups excluding carboxylic acids is 2. The molecule has 0 bridgehead atoms. The minimum atomic E-state index is -0.375. The highest BCUT2D eigenvalue weighted by Gasteiger charge is 2.36. The lowest BCUT2D eigenvalue weighted by atomic mass is 10.0. The summed E-state index contributed by atoms with van der Waals surface area (Å²) in [6.45, 7) is 0.102. The van der Waals surface area contributed by atoms with Gasteiger partial charge in [0, 0.05) is 16.6 Å². The Morgan fingerprint density at radius 1 is 1.12 bits per heavy atom. The summed E-state index contributed by atoms with van der Waals surface area (Å²) in [4.78, 5) is 26.5. The van der Waals surface area contributed by atoms with Crippen LogP contribution in [0.25, 0.3) is 0 Å². The highest BCUT2D eigenvalue weighted by atomic mass is 79.9. The molecule has 1 unspecified atom stereocenters. The fraction of sp³-hybridized carbons (Fsp3) is 0.263. The molecule has 5 nitrogen and oxygen atoms in total. The number of rotatable bonds is 4. The molecule has 1 saturated heterocycles. The number of hydrogen-bond acceptors (Lipinski definition) is 4. The molecule has 3 rings (SSSR count). The van der Waals surface area contributed by atoms with Crippen LogP contribution in [0.5, 0.6) is 0 Å². The SMILES string of the molecule is O=C1CN(O)CC(CCc2ccccc2)N1C(=O)c1ccc(Br)cc1. The third-order valence-electron chi connectivity index (χ3n) is 4.29. The summed E-state index contributed by atoms with van der Waals surface area (Å²) in [5, 5.41) is 10.8. The van der Waals surface area contributed by atoms with E-state index in [1.54, 1.807) is 24.3 Å². The number of hydroxylamine groups is 2. The van der Waals surface area contributed by atoms with Crippen molar-refractivity contribution < 1.29 is 14.8 Å². The van der Waals surface area contributed by atoms with Gasteiger partial charge in [0.25, 0.3) is 5.91 Å². The topological polar surface area (TPSA) is 60.9 Å². The Balaban J connectivity index is 1.78. The van der Waals surface area contributed by atoms with Crippen LogP contribution in [0.1, 0.15) is 22.3 Å². The third kappa shape index (κ3) is 4.34. The number of piperazine rings is 1. The number of amides is 2. The summed E-state index contributed by atoms with van der Waals surface area (Å²) in [7, 11) is 0. The van der Waals surface area contributed by atoms with Crippen molar-refractivity contribution in [2.45, 2.75) is 18.9 Å². The normalized spacial score (nSPS) is 18.4. The van der Waals surface area contributed by atoms with E-state index < -0.39 is 0 Å².